The molecule has 0 saturated carbocycles. The van der Waals surface area contributed by atoms with Crippen LogP contribution in [0, 0.1) is 5.41 Å². The maximum absolute atomic E-state index is 11.7. The number of hydrogen-bond donors (Lipinski definition) is 0. The van der Waals surface area contributed by atoms with Crippen molar-refractivity contribution in [1.82, 2.24) is 0 Å². The molecule has 82 valence electrons. The van der Waals surface area contributed by atoms with Crippen LogP contribution in [0.3, 0.4) is 0 Å². The van der Waals surface area contributed by atoms with Gasteiger partial charge in [-0.2, -0.15) is 0 Å². The van der Waals surface area contributed by atoms with E-state index < -0.39 is 0 Å². The average Bonchev–Trinajstić information content (AvgIpc) is 2.47. The molecule has 0 aromatic rings. The fraction of sp³-hybridized carbons (Fsp3) is 0.357. The Morgan fingerprint density at radius 2 is 2.25 bits per heavy atom. The first-order valence-electron chi connectivity index (χ1n) is 5.70. The van der Waals surface area contributed by atoms with Crippen molar-refractivity contribution < 1.29 is 9.53 Å². The van der Waals surface area contributed by atoms with E-state index in [-0.39, 0.29) is 5.41 Å². The third kappa shape index (κ3) is 1.29. The van der Waals surface area contributed by atoms with Crippen molar-refractivity contribution in [3.05, 3.63) is 47.8 Å². The molecular formula is C14H14O2. The van der Waals surface area contributed by atoms with Crippen molar-refractivity contribution in [1.29, 1.82) is 0 Å². The number of allylic oxidation sites excluding steroid dienone is 6. The van der Waals surface area contributed by atoms with Gasteiger partial charge in [0.2, 0.25) is 0 Å². The first-order valence-corrected chi connectivity index (χ1v) is 5.70. The molecule has 0 bridgehead atoms. The molecule has 1 atom stereocenters. The topological polar surface area (TPSA) is 26.3 Å². The summed E-state index contributed by atoms with van der Waals surface area (Å²) >= 11 is 0. The molecule has 1 spiro atoms. The van der Waals surface area contributed by atoms with Gasteiger partial charge in [-0.3, -0.25) is 4.79 Å². The van der Waals surface area contributed by atoms with E-state index in [0.717, 1.165) is 12.2 Å². The Morgan fingerprint density at radius 1 is 1.31 bits per heavy atom. The van der Waals surface area contributed by atoms with Gasteiger partial charge in [0.1, 0.15) is 18.1 Å². The monoisotopic (exact) mass is 214 g/mol. The maximum Gasteiger partial charge on any atom is 0.138 e. The molecule has 0 aromatic carbocycles. The van der Waals surface area contributed by atoms with Crippen molar-refractivity contribution in [2.45, 2.75) is 19.3 Å². The zero-order chi connectivity index (χ0) is 11.0. The minimum absolute atomic E-state index is 0.197. The highest BCUT2D eigenvalue weighted by atomic mass is 16.5. The van der Waals surface area contributed by atoms with Crippen LogP contribution in [-0.2, 0) is 9.53 Å². The van der Waals surface area contributed by atoms with Crippen LogP contribution < -0.4 is 0 Å². The molecule has 0 fully saturated rings. The lowest BCUT2D eigenvalue weighted by atomic mass is 9.67. The summed E-state index contributed by atoms with van der Waals surface area (Å²) in [7, 11) is 0. The van der Waals surface area contributed by atoms with Gasteiger partial charge in [-0.1, -0.05) is 24.3 Å². The lowest BCUT2D eigenvalue weighted by Crippen LogP contribution is -2.32. The molecule has 0 aromatic heterocycles. The molecule has 2 heteroatoms. The summed E-state index contributed by atoms with van der Waals surface area (Å²) in [5.74, 6) is 1.27. The fourth-order valence-electron chi connectivity index (χ4n) is 2.76. The second-order valence-corrected chi connectivity index (χ2v) is 4.54. The third-order valence-corrected chi connectivity index (χ3v) is 3.56. The van der Waals surface area contributed by atoms with Crippen molar-refractivity contribution >= 4 is 5.78 Å². The van der Waals surface area contributed by atoms with Crippen LogP contribution in [0.4, 0.5) is 0 Å². The van der Waals surface area contributed by atoms with Crippen LogP contribution in [0.1, 0.15) is 19.3 Å². The summed E-state index contributed by atoms with van der Waals surface area (Å²) in [4.78, 5) is 11.7. The predicted molar refractivity (Wildman–Crippen MR) is 61.7 cm³/mol. The number of rotatable bonds is 0. The summed E-state index contributed by atoms with van der Waals surface area (Å²) in [6.45, 7) is 0.604. The van der Waals surface area contributed by atoms with Crippen molar-refractivity contribution in [2.24, 2.45) is 5.41 Å². The van der Waals surface area contributed by atoms with Crippen molar-refractivity contribution in [3.63, 3.8) is 0 Å². The van der Waals surface area contributed by atoms with Crippen LogP contribution in [0.2, 0.25) is 0 Å². The minimum atomic E-state index is -0.197. The molecule has 1 unspecified atom stereocenters. The maximum atomic E-state index is 11.7. The molecule has 2 nitrogen and oxygen atoms in total. The van der Waals surface area contributed by atoms with Crippen LogP contribution in [0.15, 0.2) is 47.8 Å². The van der Waals surface area contributed by atoms with Gasteiger partial charge in [0.15, 0.2) is 0 Å². The van der Waals surface area contributed by atoms with Crippen LogP contribution in [0.25, 0.3) is 0 Å². The van der Waals surface area contributed by atoms with Gasteiger partial charge in [-0.25, -0.2) is 0 Å². The quantitative estimate of drug-likeness (QED) is 0.619. The molecule has 3 aliphatic rings. The van der Waals surface area contributed by atoms with Crippen LogP contribution in [0.5, 0.6) is 0 Å². The number of carbonyl (C=O) groups excluding carboxylic acids is 1. The van der Waals surface area contributed by atoms with E-state index in [2.05, 4.69) is 18.2 Å². The van der Waals surface area contributed by atoms with E-state index in [9.17, 15) is 4.79 Å². The molecular weight excluding hydrogens is 200 g/mol. The van der Waals surface area contributed by atoms with E-state index in [1.807, 2.05) is 18.2 Å². The largest absolute Gasteiger partial charge is 0.493 e. The smallest absolute Gasteiger partial charge is 0.138 e. The van der Waals surface area contributed by atoms with E-state index in [1.54, 1.807) is 0 Å². The van der Waals surface area contributed by atoms with Crippen LogP contribution >= 0.6 is 0 Å². The molecule has 0 amide bonds. The molecule has 0 saturated heterocycles. The lowest BCUT2D eigenvalue weighted by molar-refractivity contribution is -0.120. The van der Waals surface area contributed by atoms with Crippen LogP contribution in [-0.4, -0.2) is 12.4 Å². The standard InChI is InChI=1S/C14H14O2/c15-12-7-6-11-4-3-9-16-13-5-1-2-8-14(11,13)10-12/h1-6H,7-10H2. The zero-order valence-electron chi connectivity index (χ0n) is 9.11. The van der Waals surface area contributed by atoms with Crippen molar-refractivity contribution in [2.75, 3.05) is 6.61 Å². The Labute approximate surface area is 95.0 Å². The molecule has 0 N–H and O–H groups in total. The SMILES string of the molecule is O=C1CC=C2C=CCOC3=CC=CCC23C1. The molecule has 1 heterocycles. The lowest BCUT2D eigenvalue weighted by Gasteiger charge is -2.38. The molecule has 1 aliphatic heterocycles. The summed E-state index contributed by atoms with van der Waals surface area (Å²) in [6.07, 6.45) is 14.4. The Bertz CT molecular complexity index is 451. The van der Waals surface area contributed by atoms with Gasteiger partial charge in [0, 0.05) is 12.8 Å². The second kappa shape index (κ2) is 3.48. The Kier molecular flexibility index (Phi) is 2.10. The Hall–Kier alpha value is -1.57. The van der Waals surface area contributed by atoms with Gasteiger partial charge in [-0.05, 0) is 24.1 Å². The average molecular weight is 214 g/mol. The van der Waals surface area contributed by atoms with Gasteiger partial charge in [0.25, 0.3) is 0 Å². The van der Waals surface area contributed by atoms with E-state index >= 15 is 0 Å². The summed E-state index contributed by atoms with van der Waals surface area (Å²) in [5.41, 5.74) is 1.05. The van der Waals surface area contributed by atoms with E-state index in [1.165, 1.54) is 5.57 Å². The number of Topliss-reactive ketones (excluding diaryl/α,β-unsaturated/α-hetero) is 1. The summed E-state index contributed by atoms with van der Waals surface area (Å²) < 4.78 is 5.75. The van der Waals surface area contributed by atoms with Gasteiger partial charge in [0.05, 0.1) is 5.41 Å². The number of ketones is 1. The Morgan fingerprint density at radius 3 is 3.19 bits per heavy atom. The van der Waals surface area contributed by atoms with Crippen molar-refractivity contribution in [3.8, 4) is 0 Å². The number of ether oxygens (including phenoxy) is 1. The first kappa shape index (κ1) is 9.64. The first-order chi connectivity index (χ1) is 7.81. The Balaban J connectivity index is 2.14. The minimum Gasteiger partial charge on any atom is -0.493 e. The normalized spacial score (nSPS) is 31.9. The number of hydrogen-bond acceptors (Lipinski definition) is 2. The fourth-order valence-corrected chi connectivity index (χ4v) is 2.76. The number of carbonyl (C=O) groups is 1. The zero-order valence-corrected chi connectivity index (χ0v) is 9.11. The molecule has 16 heavy (non-hydrogen) atoms. The summed E-state index contributed by atoms with van der Waals surface area (Å²) in [5, 5.41) is 0. The molecule has 0 radical (unpaired) electrons. The highest BCUT2D eigenvalue weighted by Crippen LogP contribution is 2.49. The molecule has 3 rings (SSSR count). The predicted octanol–water partition coefficient (Wildman–Crippen LogP) is 2.69. The second-order valence-electron chi connectivity index (χ2n) is 4.54. The highest BCUT2D eigenvalue weighted by molar-refractivity contribution is 5.84. The highest BCUT2D eigenvalue weighted by Gasteiger charge is 2.43. The van der Waals surface area contributed by atoms with Gasteiger partial charge in [-0.15, -0.1) is 0 Å². The van der Waals surface area contributed by atoms with Gasteiger partial charge < -0.3 is 4.74 Å². The van der Waals surface area contributed by atoms with Gasteiger partial charge >= 0.3 is 0 Å². The third-order valence-electron chi connectivity index (χ3n) is 3.56. The molecule has 2 aliphatic carbocycles. The summed E-state index contributed by atoms with van der Waals surface area (Å²) in [6, 6.07) is 0. The van der Waals surface area contributed by atoms with E-state index in [4.69, 9.17) is 4.74 Å². The van der Waals surface area contributed by atoms with E-state index in [0.29, 0.717) is 25.2 Å².